The molecule has 0 aromatic heterocycles. The normalized spacial score (nSPS) is 11.2. The van der Waals surface area contributed by atoms with Crippen LogP contribution in [0.3, 0.4) is 0 Å². The SMILES string of the molecule is CCCC[Si](OCc1cc(C(=O)OCC)cc(C(=O)OCC)c1)(c1ccccc1)c1ccccc1. The van der Waals surface area contributed by atoms with Gasteiger partial charge in [0, 0.05) is 0 Å². The van der Waals surface area contributed by atoms with E-state index in [1.54, 1.807) is 26.0 Å². The maximum Gasteiger partial charge on any atom is 0.338 e. The summed E-state index contributed by atoms with van der Waals surface area (Å²) in [6, 6.07) is 26.8. The highest BCUT2D eigenvalue weighted by Gasteiger charge is 2.39. The third-order valence-electron chi connectivity index (χ3n) is 5.86. The molecule has 3 rings (SSSR count). The summed E-state index contributed by atoms with van der Waals surface area (Å²) in [5, 5.41) is 2.40. The van der Waals surface area contributed by atoms with Crippen molar-refractivity contribution in [2.45, 2.75) is 46.3 Å². The van der Waals surface area contributed by atoms with Crippen LogP contribution in [0.1, 0.15) is 59.9 Å². The molecule has 3 aromatic rings. The third kappa shape index (κ3) is 6.68. The topological polar surface area (TPSA) is 61.8 Å². The highest BCUT2D eigenvalue weighted by molar-refractivity contribution is 6.97. The number of carbonyl (C=O) groups is 2. The second kappa shape index (κ2) is 13.0. The Morgan fingerprint density at radius 2 is 1.20 bits per heavy atom. The van der Waals surface area contributed by atoms with Crippen LogP contribution in [-0.2, 0) is 20.5 Å². The Hall–Kier alpha value is -3.22. The van der Waals surface area contributed by atoms with Gasteiger partial charge in [-0.2, -0.15) is 0 Å². The maximum atomic E-state index is 12.5. The van der Waals surface area contributed by atoms with E-state index in [4.69, 9.17) is 13.9 Å². The van der Waals surface area contributed by atoms with Crippen molar-refractivity contribution < 1.29 is 23.5 Å². The zero-order chi connectivity index (χ0) is 25.1. The zero-order valence-electron chi connectivity index (χ0n) is 20.8. The van der Waals surface area contributed by atoms with Gasteiger partial charge in [-0.25, -0.2) is 9.59 Å². The predicted molar refractivity (Wildman–Crippen MR) is 141 cm³/mol. The monoisotopic (exact) mass is 490 g/mol. The Morgan fingerprint density at radius 3 is 1.63 bits per heavy atom. The van der Waals surface area contributed by atoms with E-state index < -0.39 is 20.3 Å². The minimum absolute atomic E-state index is 0.253. The lowest BCUT2D eigenvalue weighted by Gasteiger charge is -2.33. The van der Waals surface area contributed by atoms with E-state index >= 15 is 0 Å². The summed E-state index contributed by atoms with van der Waals surface area (Å²) in [4.78, 5) is 25.0. The van der Waals surface area contributed by atoms with Crippen LogP contribution in [0.25, 0.3) is 0 Å². The average molecular weight is 491 g/mol. The van der Waals surface area contributed by atoms with Crippen LogP contribution >= 0.6 is 0 Å². The summed E-state index contributed by atoms with van der Waals surface area (Å²) in [5.74, 6) is -0.944. The minimum Gasteiger partial charge on any atom is -0.462 e. The van der Waals surface area contributed by atoms with Gasteiger partial charge in [0.25, 0.3) is 8.32 Å². The standard InChI is InChI=1S/C29H34O5Si/c1-4-7-18-35(26-14-10-8-11-15-26,27-16-12-9-13-17-27)34-22-23-19-24(28(30)32-5-2)21-25(20-23)29(31)33-6-3/h8-17,19-21H,4-7,18,22H2,1-3H3. The summed E-state index contributed by atoms with van der Waals surface area (Å²) in [6.45, 7) is 6.46. The molecule has 0 radical (unpaired) electrons. The Labute approximate surface area is 209 Å². The first kappa shape index (κ1) is 26.4. The number of hydrogen-bond donors (Lipinski definition) is 0. The quantitative estimate of drug-likeness (QED) is 0.261. The van der Waals surface area contributed by atoms with Crippen LogP contribution in [0.2, 0.25) is 6.04 Å². The molecule has 0 heterocycles. The van der Waals surface area contributed by atoms with Crippen molar-refractivity contribution in [2.75, 3.05) is 13.2 Å². The Kier molecular flexibility index (Phi) is 9.82. The van der Waals surface area contributed by atoms with Crippen LogP contribution in [0.15, 0.2) is 78.9 Å². The molecule has 0 unspecified atom stereocenters. The fourth-order valence-electron chi connectivity index (χ4n) is 4.18. The van der Waals surface area contributed by atoms with Gasteiger partial charge in [0.1, 0.15) is 0 Å². The lowest BCUT2D eigenvalue weighted by Crippen LogP contribution is -2.60. The second-order valence-electron chi connectivity index (χ2n) is 8.31. The Balaban J connectivity index is 2.04. The van der Waals surface area contributed by atoms with Gasteiger partial charge in [0.15, 0.2) is 0 Å². The molecule has 0 saturated heterocycles. The van der Waals surface area contributed by atoms with Crippen molar-refractivity contribution in [1.82, 2.24) is 0 Å². The van der Waals surface area contributed by atoms with E-state index in [-0.39, 0.29) is 19.8 Å². The van der Waals surface area contributed by atoms with Crippen molar-refractivity contribution in [3.05, 3.63) is 95.6 Å². The first-order chi connectivity index (χ1) is 17.0. The molecule has 5 nitrogen and oxygen atoms in total. The van der Waals surface area contributed by atoms with Gasteiger partial charge in [0.05, 0.1) is 30.9 Å². The molecule has 35 heavy (non-hydrogen) atoms. The molecule has 6 heteroatoms. The van der Waals surface area contributed by atoms with E-state index in [0.717, 1.165) is 24.4 Å². The molecule has 3 aromatic carbocycles. The van der Waals surface area contributed by atoms with Crippen molar-refractivity contribution in [3.63, 3.8) is 0 Å². The molecule has 0 fully saturated rings. The lowest BCUT2D eigenvalue weighted by molar-refractivity contribution is 0.0525. The van der Waals surface area contributed by atoms with Crippen LogP contribution in [0.4, 0.5) is 0 Å². The number of rotatable bonds is 12. The molecule has 0 spiro atoms. The van der Waals surface area contributed by atoms with Crippen LogP contribution in [0, 0.1) is 0 Å². The molecule has 0 amide bonds. The molecule has 0 aliphatic rings. The first-order valence-corrected chi connectivity index (χ1v) is 14.4. The fraction of sp³-hybridized carbons (Fsp3) is 0.310. The van der Waals surface area contributed by atoms with Gasteiger partial charge in [-0.1, -0.05) is 80.4 Å². The van der Waals surface area contributed by atoms with Crippen molar-refractivity contribution >= 4 is 30.6 Å². The van der Waals surface area contributed by atoms with Crippen LogP contribution in [-0.4, -0.2) is 33.5 Å². The molecule has 184 valence electrons. The number of hydrogen-bond acceptors (Lipinski definition) is 5. The number of benzene rings is 3. The van der Waals surface area contributed by atoms with Crippen molar-refractivity contribution in [3.8, 4) is 0 Å². The highest BCUT2D eigenvalue weighted by atomic mass is 28.4. The van der Waals surface area contributed by atoms with Gasteiger partial charge in [-0.15, -0.1) is 0 Å². The van der Waals surface area contributed by atoms with E-state index in [1.807, 2.05) is 12.1 Å². The maximum absolute atomic E-state index is 12.5. The van der Waals surface area contributed by atoms with Crippen molar-refractivity contribution in [1.29, 1.82) is 0 Å². The van der Waals surface area contributed by atoms with Crippen LogP contribution < -0.4 is 10.4 Å². The van der Waals surface area contributed by atoms with Gasteiger partial charge >= 0.3 is 11.9 Å². The predicted octanol–water partition coefficient (Wildman–Crippen LogP) is 5.12. The highest BCUT2D eigenvalue weighted by Crippen LogP contribution is 2.21. The van der Waals surface area contributed by atoms with E-state index in [0.29, 0.717) is 11.1 Å². The Morgan fingerprint density at radius 1 is 0.714 bits per heavy atom. The zero-order valence-corrected chi connectivity index (χ0v) is 21.8. The molecule has 0 N–H and O–H groups in total. The molecular weight excluding hydrogens is 456 g/mol. The lowest BCUT2D eigenvalue weighted by atomic mass is 10.1. The fourth-order valence-corrected chi connectivity index (χ4v) is 8.30. The molecule has 0 aliphatic carbocycles. The average Bonchev–Trinajstić information content (AvgIpc) is 2.90. The van der Waals surface area contributed by atoms with E-state index in [9.17, 15) is 9.59 Å². The van der Waals surface area contributed by atoms with Gasteiger partial charge in [-0.05, 0) is 54.0 Å². The van der Waals surface area contributed by atoms with Gasteiger partial charge in [0.2, 0.25) is 0 Å². The van der Waals surface area contributed by atoms with Crippen molar-refractivity contribution in [2.24, 2.45) is 0 Å². The second-order valence-corrected chi connectivity index (χ2v) is 11.9. The molecule has 0 aliphatic heterocycles. The largest absolute Gasteiger partial charge is 0.462 e. The van der Waals surface area contributed by atoms with Crippen LogP contribution in [0.5, 0.6) is 0 Å². The number of esters is 2. The number of carbonyl (C=O) groups excluding carboxylic acids is 2. The molecule has 0 atom stereocenters. The summed E-state index contributed by atoms with van der Waals surface area (Å²) < 4.78 is 17.3. The van der Waals surface area contributed by atoms with E-state index in [1.165, 1.54) is 16.4 Å². The first-order valence-electron chi connectivity index (χ1n) is 12.3. The summed E-state index contributed by atoms with van der Waals surface area (Å²) in [6.07, 6.45) is 2.09. The van der Waals surface area contributed by atoms with Gasteiger partial charge < -0.3 is 13.9 Å². The van der Waals surface area contributed by atoms with Gasteiger partial charge in [-0.3, -0.25) is 0 Å². The smallest absolute Gasteiger partial charge is 0.338 e. The number of ether oxygens (including phenoxy) is 2. The minimum atomic E-state index is -2.60. The summed E-state index contributed by atoms with van der Waals surface area (Å²) >= 11 is 0. The summed E-state index contributed by atoms with van der Waals surface area (Å²) in [7, 11) is -2.60. The molecule has 0 bridgehead atoms. The number of unbranched alkanes of at least 4 members (excludes halogenated alkanes) is 1. The molecular formula is C29H34O5Si. The third-order valence-corrected chi connectivity index (χ3v) is 10.1. The summed E-state index contributed by atoms with van der Waals surface area (Å²) in [5.41, 5.74) is 1.37. The van der Waals surface area contributed by atoms with E-state index in [2.05, 4.69) is 55.5 Å². The molecule has 0 saturated carbocycles. The Bertz CT molecular complexity index is 1020.